The minimum Gasteiger partial charge on any atom is -0.287 e. The van der Waals surface area contributed by atoms with Crippen LogP contribution in [0.2, 0.25) is 5.02 Å². The number of fused-ring (bicyclic) bond motifs is 1. The molecule has 0 N–H and O–H groups in total. The van der Waals surface area contributed by atoms with E-state index in [-0.39, 0.29) is 5.78 Å². The predicted molar refractivity (Wildman–Crippen MR) is 79.2 cm³/mol. The summed E-state index contributed by atoms with van der Waals surface area (Å²) in [6.07, 6.45) is 0. The van der Waals surface area contributed by atoms with Crippen molar-refractivity contribution in [1.82, 2.24) is 9.97 Å². The molecule has 0 saturated carbocycles. The average Bonchev–Trinajstić information content (AvgIpc) is 2.46. The van der Waals surface area contributed by atoms with Crippen LogP contribution < -0.4 is 0 Å². The normalized spacial score (nSPS) is 10.7. The van der Waals surface area contributed by atoms with E-state index in [9.17, 15) is 4.79 Å². The van der Waals surface area contributed by atoms with Crippen molar-refractivity contribution in [2.45, 2.75) is 6.92 Å². The fourth-order valence-electron chi connectivity index (χ4n) is 2.10. The number of nitrogens with zero attached hydrogens (tertiary/aromatic N) is 2. The van der Waals surface area contributed by atoms with Gasteiger partial charge in [-0.25, -0.2) is 9.97 Å². The van der Waals surface area contributed by atoms with Gasteiger partial charge in [0.25, 0.3) is 0 Å². The first kappa shape index (κ1) is 12.8. The lowest BCUT2D eigenvalue weighted by Gasteiger charge is -2.06. The van der Waals surface area contributed by atoms with E-state index in [1.807, 2.05) is 24.3 Å². The highest BCUT2D eigenvalue weighted by atomic mass is 35.5. The molecule has 3 nitrogen and oxygen atoms in total. The van der Waals surface area contributed by atoms with Crippen LogP contribution in [0.5, 0.6) is 0 Å². The highest BCUT2D eigenvalue weighted by molar-refractivity contribution is 6.30. The molecule has 20 heavy (non-hydrogen) atoms. The monoisotopic (exact) mass is 282 g/mol. The second-order valence-electron chi connectivity index (χ2n) is 4.47. The molecule has 2 aromatic carbocycles. The predicted octanol–water partition coefficient (Wildman–Crippen LogP) is 3.82. The molecular weight excluding hydrogens is 272 g/mol. The first-order chi connectivity index (χ1) is 9.65. The summed E-state index contributed by atoms with van der Waals surface area (Å²) in [6.45, 7) is 1.78. The highest BCUT2D eigenvalue weighted by Gasteiger charge is 2.15. The van der Waals surface area contributed by atoms with Crippen LogP contribution in [0.1, 0.15) is 21.9 Å². The van der Waals surface area contributed by atoms with E-state index in [0.717, 1.165) is 10.9 Å². The minimum atomic E-state index is -0.122. The molecule has 1 aromatic heterocycles. The Morgan fingerprint density at radius 3 is 2.45 bits per heavy atom. The molecule has 98 valence electrons. The number of aromatic nitrogens is 2. The van der Waals surface area contributed by atoms with E-state index in [1.54, 1.807) is 31.2 Å². The number of hydrogen-bond acceptors (Lipinski definition) is 3. The Labute approximate surface area is 121 Å². The van der Waals surface area contributed by atoms with Gasteiger partial charge in [-0.05, 0) is 37.3 Å². The third-order valence-corrected chi connectivity index (χ3v) is 3.29. The van der Waals surface area contributed by atoms with Gasteiger partial charge in [0, 0.05) is 16.0 Å². The van der Waals surface area contributed by atoms with E-state index in [1.165, 1.54) is 0 Å². The molecule has 0 unspecified atom stereocenters. The minimum absolute atomic E-state index is 0.122. The zero-order chi connectivity index (χ0) is 14.1. The van der Waals surface area contributed by atoms with Gasteiger partial charge in [-0.15, -0.1) is 0 Å². The Morgan fingerprint density at radius 2 is 1.70 bits per heavy atom. The maximum absolute atomic E-state index is 12.6. The number of halogens is 1. The SMILES string of the molecule is Cc1nc(C(=O)c2ccc(Cl)cc2)c2ccccc2n1. The Kier molecular flexibility index (Phi) is 3.20. The fraction of sp³-hybridized carbons (Fsp3) is 0.0625. The molecule has 4 heteroatoms. The molecule has 0 amide bonds. The van der Waals surface area contributed by atoms with Crippen molar-refractivity contribution in [1.29, 1.82) is 0 Å². The summed E-state index contributed by atoms with van der Waals surface area (Å²) < 4.78 is 0. The number of aryl methyl sites for hydroxylation is 1. The molecule has 3 aromatic rings. The summed E-state index contributed by atoms with van der Waals surface area (Å²) in [5.41, 5.74) is 1.77. The Bertz CT molecular complexity index is 797. The lowest BCUT2D eigenvalue weighted by molar-refractivity contribution is 0.103. The summed E-state index contributed by atoms with van der Waals surface area (Å²) in [5, 5.41) is 1.36. The summed E-state index contributed by atoms with van der Waals surface area (Å²) in [6, 6.07) is 14.3. The van der Waals surface area contributed by atoms with Crippen molar-refractivity contribution in [2.75, 3.05) is 0 Å². The molecule has 0 bridgehead atoms. The number of rotatable bonds is 2. The van der Waals surface area contributed by atoms with Crippen LogP contribution >= 0.6 is 11.6 Å². The van der Waals surface area contributed by atoms with Gasteiger partial charge in [0.1, 0.15) is 11.5 Å². The molecule has 1 heterocycles. The van der Waals surface area contributed by atoms with Crippen LogP contribution in [-0.2, 0) is 0 Å². The number of para-hydroxylation sites is 1. The molecule has 0 saturated heterocycles. The topological polar surface area (TPSA) is 42.9 Å². The van der Waals surface area contributed by atoms with Gasteiger partial charge in [0.2, 0.25) is 5.78 Å². The van der Waals surface area contributed by atoms with Crippen molar-refractivity contribution >= 4 is 28.3 Å². The van der Waals surface area contributed by atoms with Crippen LogP contribution in [0, 0.1) is 6.92 Å². The standard InChI is InChI=1S/C16H11ClN2O/c1-10-18-14-5-3-2-4-13(14)15(19-10)16(20)11-6-8-12(17)9-7-11/h2-9H,1H3. The maximum atomic E-state index is 12.6. The van der Waals surface area contributed by atoms with E-state index < -0.39 is 0 Å². The largest absolute Gasteiger partial charge is 0.287 e. The zero-order valence-corrected chi connectivity index (χ0v) is 11.6. The van der Waals surface area contributed by atoms with E-state index in [2.05, 4.69) is 9.97 Å². The van der Waals surface area contributed by atoms with Gasteiger partial charge in [-0.1, -0.05) is 29.8 Å². The van der Waals surface area contributed by atoms with Gasteiger partial charge >= 0.3 is 0 Å². The third kappa shape index (κ3) is 2.28. The second-order valence-corrected chi connectivity index (χ2v) is 4.91. The smallest absolute Gasteiger partial charge is 0.212 e. The molecule has 0 aliphatic rings. The zero-order valence-electron chi connectivity index (χ0n) is 10.8. The maximum Gasteiger partial charge on any atom is 0.212 e. The molecule has 0 aliphatic heterocycles. The lowest BCUT2D eigenvalue weighted by Crippen LogP contribution is -2.07. The third-order valence-electron chi connectivity index (χ3n) is 3.04. The summed E-state index contributed by atoms with van der Waals surface area (Å²) in [5.74, 6) is 0.462. The van der Waals surface area contributed by atoms with Crippen molar-refractivity contribution < 1.29 is 4.79 Å². The van der Waals surface area contributed by atoms with Crippen molar-refractivity contribution in [3.8, 4) is 0 Å². The van der Waals surface area contributed by atoms with Gasteiger partial charge in [0.15, 0.2) is 0 Å². The molecule has 3 rings (SSSR count). The Morgan fingerprint density at radius 1 is 1.00 bits per heavy atom. The highest BCUT2D eigenvalue weighted by Crippen LogP contribution is 2.19. The van der Waals surface area contributed by atoms with Crippen molar-refractivity contribution in [3.63, 3.8) is 0 Å². The molecule has 0 atom stereocenters. The second kappa shape index (κ2) is 5.02. The first-order valence-corrected chi connectivity index (χ1v) is 6.56. The Hall–Kier alpha value is -2.26. The van der Waals surface area contributed by atoms with Gasteiger partial charge < -0.3 is 0 Å². The van der Waals surface area contributed by atoms with Gasteiger partial charge in [0.05, 0.1) is 5.52 Å². The summed E-state index contributed by atoms with van der Waals surface area (Å²) in [4.78, 5) is 21.2. The first-order valence-electron chi connectivity index (χ1n) is 6.19. The van der Waals surface area contributed by atoms with E-state index in [0.29, 0.717) is 22.1 Å². The number of ketones is 1. The summed E-state index contributed by atoms with van der Waals surface area (Å²) >= 11 is 5.85. The van der Waals surface area contributed by atoms with E-state index in [4.69, 9.17) is 11.6 Å². The van der Waals surface area contributed by atoms with Crippen molar-refractivity contribution in [2.24, 2.45) is 0 Å². The number of carbonyl (C=O) groups is 1. The van der Waals surface area contributed by atoms with Crippen LogP contribution in [0.25, 0.3) is 10.9 Å². The lowest BCUT2D eigenvalue weighted by atomic mass is 10.0. The number of carbonyl (C=O) groups excluding carboxylic acids is 1. The molecule has 0 fully saturated rings. The summed E-state index contributed by atoms with van der Waals surface area (Å²) in [7, 11) is 0. The van der Waals surface area contributed by atoms with Gasteiger partial charge in [-0.2, -0.15) is 0 Å². The Balaban J connectivity index is 2.18. The van der Waals surface area contributed by atoms with Gasteiger partial charge in [-0.3, -0.25) is 4.79 Å². The molecule has 0 aliphatic carbocycles. The van der Waals surface area contributed by atoms with Crippen LogP contribution in [-0.4, -0.2) is 15.8 Å². The molecular formula is C16H11ClN2O. The van der Waals surface area contributed by atoms with Crippen molar-refractivity contribution in [3.05, 3.63) is 70.6 Å². The molecule has 0 radical (unpaired) electrons. The molecule has 0 spiro atoms. The quantitative estimate of drug-likeness (QED) is 0.671. The van der Waals surface area contributed by atoms with Crippen LogP contribution in [0.3, 0.4) is 0 Å². The number of hydrogen-bond donors (Lipinski definition) is 0. The van der Waals surface area contributed by atoms with E-state index >= 15 is 0 Å². The fourth-order valence-corrected chi connectivity index (χ4v) is 2.23. The average molecular weight is 283 g/mol. The number of benzene rings is 2. The van der Waals surface area contributed by atoms with Crippen LogP contribution in [0.4, 0.5) is 0 Å². The van der Waals surface area contributed by atoms with Crippen LogP contribution in [0.15, 0.2) is 48.5 Å².